The minimum absolute atomic E-state index is 0.101. The van der Waals surface area contributed by atoms with Crippen molar-refractivity contribution in [2.75, 3.05) is 18.9 Å². The average Bonchev–Trinajstić information content (AvgIpc) is 2.58. The lowest BCUT2D eigenvalue weighted by Crippen LogP contribution is -2.22. The molecule has 17 heavy (non-hydrogen) atoms. The summed E-state index contributed by atoms with van der Waals surface area (Å²) >= 11 is 0. The van der Waals surface area contributed by atoms with Crippen molar-refractivity contribution in [2.24, 2.45) is 0 Å². The molecule has 0 unspecified atom stereocenters. The van der Waals surface area contributed by atoms with E-state index in [1.807, 2.05) is 13.8 Å². The van der Waals surface area contributed by atoms with Gasteiger partial charge in [-0.25, -0.2) is 4.98 Å². The van der Waals surface area contributed by atoms with Gasteiger partial charge in [0.05, 0.1) is 19.3 Å². The van der Waals surface area contributed by atoms with Crippen molar-refractivity contribution in [1.82, 2.24) is 4.98 Å². The Balaban J connectivity index is 1.73. The van der Waals surface area contributed by atoms with Crippen LogP contribution in [0.2, 0.25) is 0 Å². The first-order chi connectivity index (χ1) is 8.05. The van der Waals surface area contributed by atoms with Gasteiger partial charge in [-0.05, 0) is 19.9 Å². The molecule has 94 valence electrons. The molecule has 1 aromatic heterocycles. The zero-order valence-corrected chi connectivity index (χ0v) is 10.2. The number of ether oxygens (including phenoxy) is 3. The second kappa shape index (κ2) is 4.89. The Hall–Kier alpha value is -1.33. The summed E-state index contributed by atoms with van der Waals surface area (Å²) in [7, 11) is 0. The van der Waals surface area contributed by atoms with Gasteiger partial charge in [-0.2, -0.15) is 0 Å². The quantitative estimate of drug-likeness (QED) is 0.862. The lowest BCUT2D eigenvalue weighted by Gasteiger charge is -2.17. The average molecular weight is 238 g/mol. The Morgan fingerprint density at radius 3 is 3.06 bits per heavy atom. The third-order valence-electron chi connectivity index (χ3n) is 2.53. The van der Waals surface area contributed by atoms with Gasteiger partial charge in [-0.3, -0.25) is 0 Å². The molecule has 0 saturated carbocycles. The van der Waals surface area contributed by atoms with Crippen molar-refractivity contribution in [3.8, 4) is 5.75 Å². The number of hydrogen-bond acceptors (Lipinski definition) is 5. The Kier molecular flexibility index (Phi) is 3.49. The van der Waals surface area contributed by atoms with Crippen LogP contribution in [0.3, 0.4) is 0 Å². The molecule has 0 aliphatic carbocycles. The highest BCUT2D eigenvalue weighted by molar-refractivity contribution is 5.35. The van der Waals surface area contributed by atoms with Crippen LogP contribution in [0.25, 0.3) is 0 Å². The summed E-state index contributed by atoms with van der Waals surface area (Å²) in [4.78, 5) is 3.90. The molecule has 0 radical (unpaired) electrons. The predicted molar refractivity (Wildman–Crippen MR) is 63.7 cm³/mol. The smallest absolute Gasteiger partial charge is 0.163 e. The molecule has 1 aromatic rings. The van der Waals surface area contributed by atoms with E-state index < -0.39 is 5.79 Å². The number of nitrogens with zero attached hydrogens (tertiary/aromatic N) is 1. The largest absolute Gasteiger partial charge is 0.493 e. The van der Waals surface area contributed by atoms with Crippen molar-refractivity contribution < 1.29 is 14.2 Å². The van der Waals surface area contributed by atoms with Gasteiger partial charge in [0.1, 0.15) is 11.6 Å². The normalized spacial score (nSPS) is 22.6. The molecule has 5 heteroatoms. The second-order valence-electron chi connectivity index (χ2n) is 4.50. The van der Waals surface area contributed by atoms with Gasteiger partial charge in [-0.15, -0.1) is 0 Å². The van der Waals surface area contributed by atoms with Gasteiger partial charge in [0, 0.05) is 18.7 Å². The van der Waals surface area contributed by atoms with Crippen LogP contribution >= 0.6 is 0 Å². The monoisotopic (exact) mass is 238 g/mol. The van der Waals surface area contributed by atoms with Gasteiger partial charge in [0.15, 0.2) is 5.79 Å². The Morgan fingerprint density at radius 1 is 1.59 bits per heavy atom. The minimum Gasteiger partial charge on any atom is -0.493 e. The molecule has 2 N–H and O–H groups in total. The van der Waals surface area contributed by atoms with E-state index in [1.165, 1.54) is 0 Å². The third kappa shape index (κ3) is 3.57. The van der Waals surface area contributed by atoms with Crippen molar-refractivity contribution in [3.63, 3.8) is 0 Å². The molecule has 2 heterocycles. The Morgan fingerprint density at radius 2 is 2.41 bits per heavy atom. The third-order valence-corrected chi connectivity index (χ3v) is 2.53. The molecule has 2 rings (SSSR count). The van der Waals surface area contributed by atoms with Crippen LogP contribution in [0.4, 0.5) is 5.82 Å². The summed E-state index contributed by atoms with van der Waals surface area (Å²) in [5.74, 6) is 0.728. The van der Waals surface area contributed by atoms with Crippen molar-refractivity contribution >= 4 is 5.82 Å². The summed E-state index contributed by atoms with van der Waals surface area (Å²) in [6.07, 6.45) is 2.53. The lowest BCUT2D eigenvalue weighted by atomic mass is 10.3. The molecule has 0 amide bonds. The predicted octanol–water partition coefficient (Wildman–Crippen LogP) is 1.58. The molecule has 1 atom stereocenters. The molecule has 1 saturated heterocycles. The molecular formula is C12H18N2O3. The lowest BCUT2D eigenvalue weighted by molar-refractivity contribution is -0.139. The molecule has 0 bridgehead atoms. The van der Waals surface area contributed by atoms with E-state index in [-0.39, 0.29) is 6.10 Å². The number of anilines is 1. The summed E-state index contributed by atoms with van der Waals surface area (Å²) < 4.78 is 16.7. The van der Waals surface area contributed by atoms with Crippen LogP contribution in [0.15, 0.2) is 18.3 Å². The van der Waals surface area contributed by atoms with Crippen molar-refractivity contribution in [2.45, 2.75) is 32.2 Å². The molecular weight excluding hydrogens is 220 g/mol. The second-order valence-corrected chi connectivity index (χ2v) is 4.50. The highest BCUT2D eigenvalue weighted by atomic mass is 16.7. The van der Waals surface area contributed by atoms with Gasteiger partial charge in [0.25, 0.3) is 0 Å². The van der Waals surface area contributed by atoms with Crippen molar-refractivity contribution in [1.29, 1.82) is 0 Å². The van der Waals surface area contributed by atoms with Crippen LogP contribution in [0.1, 0.15) is 20.3 Å². The minimum atomic E-state index is -0.467. The van der Waals surface area contributed by atoms with Crippen LogP contribution in [-0.2, 0) is 9.47 Å². The van der Waals surface area contributed by atoms with E-state index in [9.17, 15) is 0 Å². The number of hydrogen-bond donors (Lipinski definition) is 1. The molecule has 1 aliphatic heterocycles. The van der Waals surface area contributed by atoms with Gasteiger partial charge in [-0.1, -0.05) is 0 Å². The Labute approximate surface area is 101 Å². The number of aromatic nitrogens is 1. The Bertz CT molecular complexity index is 382. The van der Waals surface area contributed by atoms with Gasteiger partial charge < -0.3 is 19.9 Å². The fourth-order valence-electron chi connectivity index (χ4n) is 1.73. The van der Waals surface area contributed by atoms with E-state index in [0.717, 1.165) is 12.2 Å². The molecule has 0 aromatic carbocycles. The van der Waals surface area contributed by atoms with Crippen LogP contribution in [0.5, 0.6) is 5.75 Å². The summed E-state index contributed by atoms with van der Waals surface area (Å²) in [6, 6.07) is 3.49. The summed E-state index contributed by atoms with van der Waals surface area (Å²) in [5, 5.41) is 0. The van der Waals surface area contributed by atoms with E-state index in [0.29, 0.717) is 19.0 Å². The highest BCUT2D eigenvalue weighted by Crippen LogP contribution is 2.24. The zero-order chi connectivity index (χ0) is 12.3. The maximum absolute atomic E-state index is 5.67. The topological polar surface area (TPSA) is 66.6 Å². The van der Waals surface area contributed by atoms with Gasteiger partial charge in [0.2, 0.25) is 0 Å². The van der Waals surface area contributed by atoms with Crippen molar-refractivity contribution in [3.05, 3.63) is 18.3 Å². The summed E-state index contributed by atoms with van der Waals surface area (Å²) in [5.41, 5.74) is 5.55. The first-order valence-corrected chi connectivity index (χ1v) is 5.71. The standard InChI is InChI=1S/C12H18N2O3/c1-12(2)16-8-10(17-12)4-6-15-9-3-5-14-11(13)7-9/h3,5,7,10H,4,6,8H2,1-2H3,(H2,13,14)/t10-/m1/s1. The van der Waals surface area contributed by atoms with Crippen LogP contribution < -0.4 is 10.5 Å². The highest BCUT2D eigenvalue weighted by Gasteiger charge is 2.32. The fraction of sp³-hybridized carbons (Fsp3) is 0.583. The summed E-state index contributed by atoms with van der Waals surface area (Å²) in [6.45, 7) is 5.03. The number of rotatable bonds is 4. The SMILES string of the molecule is CC1(C)OC[C@@H](CCOc2ccnc(N)c2)O1. The fourth-order valence-corrected chi connectivity index (χ4v) is 1.73. The molecule has 0 spiro atoms. The molecule has 5 nitrogen and oxygen atoms in total. The van der Waals surface area contributed by atoms with Crippen LogP contribution in [-0.4, -0.2) is 30.1 Å². The van der Waals surface area contributed by atoms with E-state index >= 15 is 0 Å². The first kappa shape index (κ1) is 12.1. The maximum atomic E-state index is 5.67. The molecule has 1 aliphatic rings. The van der Waals surface area contributed by atoms with E-state index in [1.54, 1.807) is 18.3 Å². The van der Waals surface area contributed by atoms with Gasteiger partial charge >= 0.3 is 0 Å². The first-order valence-electron chi connectivity index (χ1n) is 5.71. The maximum Gasteiger partial charge on any atom is 0.163 e. The zero-order valence-electron chi connectivity index (χ0n) is 10.2. The van der Waals surface area contributed by atoms with Crippen LogP contribution in [0, 0.1) is 0 Å². The number of nitrogen functional groups attached to an aromatic ring is 1. The van der Waals surface area contributed by atoms with E-state index in [4.69, 9.17) is 19.9 Å². The number of nitrogens with two attached hydrogens (primary N) is 1. The van der Waals surface area contributed by atoms with E-state index in [2.05, 4.69) is 4.98 Å². The molecule has 1 fully saturated rings. The number of pyridine rings is 1.